The number of nitrogens with zero attached hydrogens (tertiary/aromatic N) is 3. The SMILES string of the molecule is Cc1nccn1-c1ccccn1. The molecule has 3 heteroatoms. The predicted octanol–water partition coefficient (Wildman–Crippen LogP) is 1.58. The summed E-state index contributed by atoms with van der Waals surface area (Å²) in [7, 11) is 0. The molecule has 2 rings (SSSR count). The molecule has 2 heterocycles. The van der Waals surface area contributed by atoms with Crippen LogP contribution < -0.4 is 0 Å². The molecule has 0 amide bonds. The van der Waals surface area contributed by atoms with Gasteiger partial charge in [-0.05, 0) is 19.1 Å². The van der Waals surface area contributed by atoms with Crippen molar-refractivity contribution in [3.05, 3.63) is 42.6 Å². The fourth-order valence-electron chi connectivity index (χ4n) is 1.12. The Morgan fingerprint density at radius 1 is 1.17 bits per heavy atom. The number of aryl methyl sites for hydroxylation is 1. The molecule has 0 unspecified atom stereocenters. The molecule has 0 aromatic carbocycles. The van der Waals surface area contributed by atoms with E-state index >= 15 is 0 Å². The Bertz CT molecular complexity index is 364. The molecular formula is C9H9N3. The maximum Gasteiger partial charge on any atom is 0.137 e. The molecule has 0 saturated heterocycles. The highest BCUT2D eigenvalue weighted by atomic mass is 15.1. The number of hydrogen-bond donors (Lipinski definition) is 0. The highest BCUT2D eigenvalue weighted by Gasteiger charge is 1.98. The van der Waals surface area contributed by atoms with Crippen molar-refractivity contribution in [3.8, 4) is 5.82 Å². The second-order valence-electron chi connectivity index (χ2n) is 2.53. The lowest BCUT2D eigenvalue weighted by atomic mass is 10.4. The van der Waals surface area contributed by atoms with Crippen LogP contribution in [0.1, 0.15) is 5.82 Å². The molecule has 0 atom stereocenters. The quantitative estimate of drug-likeness (QED) is 0.632. The van der Waals surface area contributed by atoms with Crippen LogP contribution in [0, 0.1) is 6.92 Å². The summed E-state index contributed by atoms with van der Waals surface area (Å²) in [5.41, 5.74) is 0. The summed E-state index contributed by atoms with van der Waals surface area (Å²) in [4.78, 5) is 8.32. The minimum atomic E-state index is 0.910. The molecule has 0 aliphatic carbocycles. The smallest absolute Gasteiger partial charge is 0.137 e. The molecule has 0 fully saturated rings. The van der Waals surface area contributed by atoms with E-state index in [1.54, 1.807) is 12.4 Å². The molecule has 2 aromatic rings. The zero-order chi connectivity index (χ0) is 8.39. The van der Waals surface area contributed by atoms with Crippen molar-refractivity contribution in [2.45, 2.75) is 6.92 Å². The molecule has 0 aliphatic rings. The summed E-state index contributed by atoms with van der Waals surface area (Å²) in [5.74, 6) is 1.86. The standard InChI is InChI=1S/C9H9N3/c1-8-10-6-7-12(8)9-4-2-3-5-11-9/h2-7H,1H3. The van der Waals surface area contributed by atoms with E-state index in [2.05, 4.69) is 9.97 Å². The third-order valence-electron chi connectivity index (χ3n) is 1.72. The Balaban J connectivity index is 2.51. The Kier molecular flexibility index (Phi) is 1.63. The molecule has 0 aliphatic heterocycles. The lowest BCUT2D eigenvalue weighted by molar-refractivity contribution is 0.933. The van der Waals surface area contributed by atoms with Gasteiger partial charge in [0.05, 0.1) is 0 Å². The van der Waals surface area contributed by atoms with Gasteiger partial charge in [-0.3, -0.25) is 4.57 Å². The van der Waals surface area contributed by atoms with E-state index in [0.29, 0.717) is 0 Å². The van der Waals surface area contributed by atoms with E-state index in [1.165, 1.54) is 0 Å². The van der Waals surface area contributed by atoms with E-state index in [9.17, 15) is 0 Å². The molecule has 0 spiro atoms. The van der Waals surface area contributed by atoms with Crippen LogP contribution in [0.3, 0.4) is 0 Å². The van der Waals surface area contributed by atoms with Gasteiger partial charge < -0.3 is 0 Å². The number of pyridine rings is 1. The van der Waals surface area contributed by atoms with Gasteiger partial charge >= 0.3 is 0 Å². The molecule has 0 bridgehead atoms. The first-order valence-electron chi connectivity index (χ1n) is 3.79. The molecule has 0 N–H and O–H groups in total. The zero-order valence-corrected chi connectivity index (χ0v) is 6.81. The van der Waals surface area contributed by atoms with Crippen LogP contribution in [0.2, 0.25) is 0 Å². The molecule has 2 aromatic heterocycles. The minimum absolute atomic E-state index is 0.910. The van der Waals surface area contributed by atoms with Crippen molar-refractivity contribution in [3.63, 3.8) is 0 Å². The lowest BCUT2D eigenvalue weighted by Gasteiger charge is -2.01. The van der Waals surface area contributed by atoms with Crippen LogP contribution in [-0.2, 0) is 0 Å². The summed E-state index contributed by atoms with van der Waals surface area (Å²) in [6.45, 7) is 1.95. The normalized spacial score (nSPS) is 10.1. The lowest BCUT2D eigenvalue weighted by Crippen LogP contribution is -1.97. The largest absolute Gasteiger partial charge is 0.288 e. The summed E-state index contributed by atoms with van der Waals surface area (Å²) in [5, 5.41) is 0. The third kappa shape index (κ3) is 1.09. The van der Waals surface area contributed by atoms with Crippen molar-refractivity contribution in [2.24, 2.45) is 0 Å². The van der Waals surface area contributed by atoms with Gasteiger partial charge in [-0.25, -0.2) is 9.97 Å². The fourth-order valence-corrected chi connectivity index (χ4v) is 1.12. The first-order chi connectivity index (χ1) is 5.88. The summed E-state index contributed by atoms with van der Waals surface area (Å²) in [6.07, 6.45) is 5.44. The van der Waals surface area contributed by atoms with Crippen molar-refractivity contribution in [2.75, 3.05) is 0 Å². The average Bonchev–Trinajstić information content (AvgIpc) is 2.53. The first-order valence-corrected chi connectivity index (χ1v) is 3.79. The molecule has 3 nitrogen and oxygen atoms in total. The van der Waals surface area contributed by atoms with E-state index in [1.807, 2.05) is 35.9 Å². The molecule has 12 heavy (non-hydrogen) atoms. The van der Waals surface area contributed by atoms with E-state index in [0.717, 1.165) is 11.6 Å². The monoisotopic (exact) mass is 159 g/mol. The van der Waals surface area contributed by atoms with Gasteiger partial charge in [0, 0.05) is 18.6 Å². The Morgan fingerprint density at radius 2 is 2.08 bits per heavy atom. The predicted molar refractivity (Wildman–Crippen MR) is 46.1 cm³/mol. The van der Waals surface area contributed by atoms with Crippen LogP contribution in [0.4, 0.5) is 0 Å². The van der Waals surface area contributed by atoms with Crippen LogP contribution in [-0.4, -0.2) is 14.5 Å². The van der Waals surface area contributed by atoms with E-state index in [4.69, 9.17) is 0 Å². The third-order valence-corrected chi connectivity index (χ3v) is 1.72. The van der Waals surface area contributed by atoms with Gasteiger partial charge in [0.1, 0.15) is 11.6 Å². The molecule has 0 radical (unpaired) electrons. The van der Waals surface area contributed by atoms with Crippen molar-refractivity contribution in [1.29, 1.82) is 0 Å². The van der Waals surface area contributed by atoms with Gasteiger partial charge in [0.2, 0.25) is 0 Å². The Labute approximate surface area is 70.7 Å². The number of rotatable bonds is 1. The summed E-state index contributed by atoms with van der Waals surface area (Å²) < 4.78 is 1.94. The van der Waals surface area contributed by atoms with Gasteiger partial charge in [0.25, 0.3) is 0 Å². The zero-order valence-electron chi connectivity index (χ0n) is 6.81. The Hall–Kier alpha value is -1.64. The first kappa shape index (κ1) is 7.03. The van der Waals surface area contributed by atoms with Crippen LogP contribution in [0.25, 0.3) is 5.82 Å². The maximum atomic E-state index is 4.20. The number of aromatic nitrogens is 3. The van der Waals surface area contributed by atoms with Crippen molar-refractivity contribution < 1.29 is 0 Å². The van der Waals surface area contributed by atoms with Gasteiger partial charge in [0.15, 0.2) is 0 Å². The summed E-state index contributed by atoms with van der Waals surface area (Å²) >= 11 is 0. The van der Waals surface area contributed by atoms with Crippen molar-refractivity contribution >= 4 is 0 Å². The molecular weight excluding hydrogens is 150 g/mol. The molecule has 0 saturated carbocycles. The summed E-state index contributed by atoms with van der Waals surface area (Å²) in [6, 6.07) is 5.81. The van der Waals surface area contributed by atoms with Crippen LogP contribution in [0.5, 0.6) is 0 Å². The van der Waals surface area contributed by atoms with Crippen molar-refractivity contribution in [1.82, 2.24) is 14.5 Å². The highest BCUT2D eigenvalue weighted by Crippen LogP contribution is 2.04. The fraction of sp³-hybridized carbons (Fsp3) is 0.111. The Morgan fingerprint density at radius 3 is 2.67 bits per heavy atom. The van der Waals surface area contributed by atoms with Gasteiger partial charge in [-0.15, -0.1) is 0 Å². The van der Waals surface area contributed by atoms with Gasteiger partial charge in [-0.2, -0.15) is 0 Å². The second-order valence-corrected chi connectivity index (χ2v) is 2.53. The minimum Gasteiger partial charge on any atom is -0.288 e. The number of hydrogen-bond acceptors (Lipinski definition) is 2. The average molecular weight is 159 g/mol. The highest BCUT2D eigenvalue weighted by molar-refractivity contribution is 5.23. The van der Waals surface area contributed by atoms with Gasteiger partial charge in [-0.1, -0.05) is 6.07 Å². The van der Waals surface area contributed by atoms with Crippen LogP contribution >= 0.6 is 0 Å². The second kappa shape index (κ2) is 2.77. The topological polar surface area (TPSA) is 30.7 Å². The maximum absolute atomic E-state index is 4.20. The number of imidazole rings is 1. The van der Waals surface area contributed by atoms with Crippen LogP contribution in [0.15, 0.2) is 36.8 Å². The van der Waals surface area contributed by atoms with E-state index < -0.39 is 0 Å². The van der Waals surface area contributed by atoms with E-state index in [-0.39, 0.29) is 0 Å². The molecule has 60 valence electrons.